The smallest absolute Gasteiger partial charge is 0.251 e. The van der Waals surface area contributed by atoms with Crippen molar-refractivity contribution < 1.29 is 9.53 Å². The lowest BCUT2D eigenvalue weighted by atomic mass is 9.93. The predicted molar refractivity (Wildman–Crippen MR) is 79.0 cm³/mol. The fourth-order valence-corrected chi connectivity index (χ4v) is 2.68. The van der Waals surface area contributed by atoms with Gasteiger partial charge in [-0.05, 0) is 51.3 Å². The molecule has 0 spiro atoms. The first-order valence-electron chi connectivity index (χ1n) is 6.62. The molecule has 2 rings (SSSR count). The van der Waals surface area contributed by atoms with Gasteiger partial charge < -0.3 is 10.1 Å². The normalized spacial score (nSPS) is 22.0. The van der Waals surface area contributed by atoms with E-state index in [4.69, 9.17) is 4.74 Å². The Labute approximate surface area is 120 Å². The highest BCUT2D eigenvalue weighted by atomic mass is 32.1. The average molecular weight is 279 g/mol. The number of amides is 1. The number of carbonyl (C=O) groups is 1. The first kappa shape index (κ1) is 14.4. The first-order chi connectivity index (χ1) is 8.87. The van der Waals surface area contributed by atoms with Crippen LogP contribution >= 0.6 is 12.6 Å². The van der Waals surface area contributed by atoms with Gasteiger partial charge in [-0.1, -0.05) is 6.07 Å². The van der Waals surface area contributed by atoms with Gasteiger partial charge in [0.2, 0.25) is 0 Å². The van der Waals surface area contributed by atoms with E-state index in [1.54, 1.807) is 0 Å². The van der Waals surface area contributed by atoms with Gasteiger partial charge in [-0.3, -0.25) is 4.79 Å². The van der Waals surface area contributed by atoms with E-state index < -0.39 is 0 Å². The topological polar surface area (TPSA) is 38.3 Å². The van der Waals surface area contributed by atoms with Crippen LogP contribution in [-0.4, -0.2) is 24.2 Å². The van der Waals surface area contributed by atoms with Gasteiger partial charge in [0.1, 0.15) is 0 Å². The molecule has 1 heterocycles. The number of rotatable bonds is 2. The lowest BCUT2D eigenvalue weighted by molar-refractivity contribution is -0.0615. The molecule has 19 heavy (non-hydrogen) atoms. The molecule has 0 radical (unpaired) electrons. The van der Waals surface area contributed by atoms with Gasteiger partial charge in [0, 0.05) is 23.1 Å². The first-order valence-corrected chi connectivity index (χ1v) is 7.06. The molecule has 1 atom stereocenters. The molecule has 1 amide bonds. The number of carbonyl (C=O) groups excluding carboxylic acids is 1. The molecule has 1 unspecified atom stereocenters. The van der Waals surface area contributed by atoms with Gasteiger partial charge >= 0.3 is 0 Å². The van der Waals surface area contributed by atoms with Crippen molar-refractivity contribution in [1.29, 1.82) is 0 Å². The second-order valence-corrected chi connectivity index (χ2v) is 6.29. The summed E-state index contributed by atoms with van der Waals surface area (Å²) in [6, 6.07) is 5.81. The SMILES string of the molecule is Cc1ccc(S)cc1C(=O)NC1CCOC(C)(C)C1. The molecule has 1 fully saturated rings. The Hall–Kier alpha value is -1.00. The third kappa shape index (κ3) is 3.74. The summed E-state index contributed by atoms with van der Waals surface area (Å²) in [5, 5.41) is 3.11. The molecule has 104 valence electrons. The van der Waals surface area contributed by atoms with E-state index in [-0.39, 0.29) is 17.6 Å². The summed E-state index contributed by atoms with van der Waals surface area (Å²) in [5.41, 5.74) is 1.52. The van der Waals surface area contributed by atoms with Crippen molar-refractivity contribution >= 4 is 18.5 Å². The van der Waals surface area contributed by atoms with Crippen LogP contribution in [0.2, 0.25) is 0 Å². The Kier molecular flexibility index (Phi) is 4.21. The zero-order valence-corrected chi connectivity index (χ0v) is 12.6. The Bertz CT molecular complexity index is 485. The van der Waals surface area contributed by atoms with Crippen molar-refractivity contribution in [3.8, 4) is 0 Å². The zero-order valence-electron chi connectivity index (χ0n) is 11.7. The van der Waals surface area contributed by atoms with Crippen molar-refractivity contribution in [2.24, 2.45) is 0 Å². The Morgan fingerprint density at radius 3 is 2.89 bits per heavy atom. The van der Waals surface area contributed by atoms with E-state index in [9.17, 15) is 4.79 Å². The van der Waals surface area contributed by atoms with Crippen LogP contribution in [0.4, 0.5) is 0 Å². The fourth-order valence-electron chi connectivity index (χ4n) is 2.47. The molecule has 0 aromatic heterocycles. The highest BCUT2D eigenvalue weighted by Crippen LogP contribution is 2.24. The summed E-state index contributed by atoms with van der Waals surface area (Å²) in [7, 11) is 0. The van der Waals surface area contributed by atoms with Crippen molar-refractivity contribution in [2.45, 2.75) is 50.2 Å². The summed E-state index contributed by atoms with van der Waals surface area (Å²) in [6.45, 7) is 6.76. The molecule has 1 aromatic rings. The van der Waals surface area contributed by atoms with Crippen LogP contribution in [0.3, 0.4) is 0 Å². The predicted octanol–water partition coefficient (Wildman–Crippen LogP) is 2.97. The van der Waals surface area contributed by atoms with Crippen molar-refractivity contribution in [3.05, 3.63) is 29.3 Å². The van der Waals surface area contributed by atoms with E-state index in [0.29, 0.717) is 12.2 Å². The van der Waals surface area contributed by atoms with E-state index in [0.717, 1.165) is 23.3 Å². The number of hydrogen-bond donors (Lipinski definition) is 2. The number of hydrogen-bond acceptors (Lipinski definition) is 3. The van der Waals surface area contributed by atoms with E-state index in [1.807, 2.05) is 25.1 Å². The van der Waals surface area contributed by atoms with Gasteiger partial charge in [-0.2, -0.15) is 0 Å². The molecule has 0 saturated carbocycles. The van der Waals surface area contributed by atoms with Crippen LogP contribution in [0, 0.1) is 6.92 Å². The minimum Gasteiger partial charge on any atom is -0.375 e. The van der Waals surface area contributed by atoms with Crippen LogP contribution in [0.15, 0.2) is 23.1 Å². The lowest BCUT2D eigenvalue weighted by Gasteiger charge is -2.35. The molecular weight excluding hydrogens is 258 g/mol. The highest BCUT2D eigenvalue weighted by molar-refractivity contribution is 7.80. The average Bonchev–Trinajstić information content (AvgIpc) is 2.31. The lowest BCUT2D eigenvalue weighted by Crippen LogP contribution is -2.45. The van der Waals surface area contributed by atoms with E-state index in [1.165, 1.54) is 0 Å². The number of benzene rings is 1. The van der Waals surface area contributed by atoms with Crippen molar-refractivity contribution in [3.63, 3.8) is 0 Å². The van der Waals surface area contributed by atoms with Gasteiger partial charge in [-0.25, -0.2) is 0 Å². The van der Waals surface area contributed by atoms with Crippen molar-refractivity contribution in [2.75, 3.05) is 6.61 Å². The minimum absolute atomic E-state index is 0.0175. The van der Waals surface area contributed by atoms with Crippen LogP contribution in [0.1, 0.15) is 42.6 Å². The Morgan fingerprint density at radius 2 is 2.21 bits per heavy atom. The Morgan fingerprint density at radius 1 is 1.47 bits per heavy atom. The minimum atomic E-state index is -0.156. The van der Waals surface area contributed by atoms with Gasteiger partial charge in [-0.15, -0.1) is 12.6 Å². The third-order valence-corrected chi connectivity index (χ3v) is 3.78. The summed E-state index contributed by atoms with van der Waals surface area (Å²) >= 11 is 4.29. The van der Waals surface area contributed by atoms with Crippen LogP contribution in [-0.2, 0) is 4.74 Å². The molecule has 1 saturated heterocycles. The summed E-state index contributed by atoms with van der Waals surface area (Å²) in [5.74, 6) is -0.0175. The highest BCUT2D eigenvalue weighted by Gasteiger charge is 2.29. The molecule has 4 heteroatoms. The quantitative estimate of drug-likeness (QED) is 0.817. The van der Waals surface area contributed by atoms with Crippen molar-refractivity contribution in [1.82, 2.24) is 5.32 Å². The fraction of sp³-hybridized carbons (Fsp3) is 0.533. The van der Waals surface area contributed by atoms with Gasteiger partial charge in [0.05, 0.1) is 5.60 Å². The largest absolute Gasteiger partial charge is 0.375 e. The number of thiol groups is 1. The molecule has 1 aliphatic heterocycles. The van der Waals surface area contributed by atoms with Gasteiger partial charge in [0.25, 0.3) is 5.91 Å². The summed E-state index contributed by atoms with van der Waals surface area (Å²) < 4.78 is 5.66. The second kappa shape index (κ2) is 5.55. The maximum absolute atomic E-state index is 12.3. The zero-order chi connectivity index (χ0) is 14.0. The molecule has 1 aromatic carbocycles. The van der Waals surface area contributed by atoms with Crippen LogP contribution < -0.4 is 5.32 Å². The van der Waals surface area contributed by atoms with Crippen LogP contribution in [0.5, 0.6) is 0 Å². The Balaban J connectivity index is 2.06. The molecule has 1 N–H and O–H groups in total. The molecular formula is C15H21NO2S. The van der Waals surface area contributed by atoms with E-state index in [2.05, 4.69) is 31.8 Å². The monoisotopic (exact) mass is 279 g/mol. The van der Waals surface area contributed by atoms with Gasteiger partial charge in [0.15, 0.2) is 0 Å². The van der Waals surface area contributed by atoms with Crippen LogP contribution in [0.25, 0.3) is 0 Å². The molecule has 0 bridgehead atoms. The van der Waals surface area contributed by atoms with E-state index >= 15 is 0 Å². The third-order valence-electron chi connectivity index (χ3n) is 3.50. The second-order valence-electron chi connectivity index (χ2n) is 5.77. The number of nitrogens with one attached hydrogen (secondary N) is 1. The standard InChI is InChI=1S/C15H21NO2S/c1-10-4-5-12(19)8-13(10)14(17)16-11-6-7-18-15(2,3)9-11/h4-5,8,11,19H,6-7,9H2,1-3H3,(H,16,17). The molecule has 1 aliphatic rings. The maximum atomic E-state index is 12.3. The number of aryl methyl sites for hydroxylation is 1. The molecule has 3 nitrogen and oxygen atoms in total. The molecule has 0 aliphatic carbocycles. The number of ether oxygens (including phenoxy) is 1. The summed E-state index contributed by atoms with van der Waals surface area (Å²) in [6.07, 6.45) is 1.72. The summed E-state index contributed by atoms with van der Waals surface area (Å²) in [4.78, 5) is 13.1. The maximum Gasteiger partial charge on any atom is 0.251 e.